The highest BCUT2D eigenvalue weighted by Gasteiger charge is 2.01. The van der Waals surface area contributed by atoms with Crippen molar-refractivity contribution in [2.45, 2.75) is 13.1 Å². The first kappa shape index (κ1) is 11.7. The number of para-hydroxylation sites is 1. The van der Waals surface area contributed by atoms with Gasteiger partial charge in [0.2, 0.25) is 0 Å². The summed E-state index contributed by atoms with van der Waals surface area (Å²) < 4.78 is 1.88. The molecule has 0 bridgehead atoms. The molecule has 0 fully saturated rings. The van der Waals surface area contributed by atoms with Crippen molar-refractivity contribution in [2.24, 2.45) is 0 Å². The van der Waals surface area contributed by atoms with Crippen molar-refractivity contribution in [3.8, 4) is 5.69 Å². The fraction of sp³-hybridized carbons (Fsp3) is 0.143. The molecule has 0 radical (unpaired) electrons. The standard InChI is InChI=1S/C14H15N5/c1-2-4-14(5-3-1)19-9-7-13(18-19)11-15-10-12-6-8-16-17-12/h1-9,15H,10-11H2,(H,16,17). The topological polar surface area (TPSA) is 58.5 Å². The van der Waals surface area contributed by atoms with Crippen LogP contribution in [0.1, 0.15) is 11.4 Å². The van der Waals surface area contributed by atoms with Crippen LogP contribution in [0.15, 0.2) is 54.9 Å². The highest BCUT2D eigenvalue weighted by atomic mass is 15.3. The van der Waals surface area contributed by atoms with E-state index in [-0.39, 0.29) is 0 Å². The summed E-state index contributed by atoms with van der Waals surface area (Å²) in [7, 11) is 0. The van der Waals surface area contributed by atoms with Crippen molar-refractivity contribution in [3.63, 3.8) is 0 Å². The summed E-state index contributed by atoms with van der Waals surface area (Å²) in [5.41, 5.74) is 3.16. The average Bonchev–Trinajstić information content (AvgIpc) is 3.11. The van der Waals surface area contributed by atoms with Gasteiger partial charge in [0.25, 0.3) is 0 Å². The van der Waals surface area contributed by atoms with E-state index < -0.39 is 0 Å². The van der Waals surface area contributed by atoms with Crippen LogP contribution in [0.3, 0.4) is 0 Å². The lowest BCUT2D eigenvalue weighted by Crippen LogP contribution is -2.13. The highest BCUT2D eigenvalue weighted by molar-refractivity contribution is 5.30. The fourth-order valence-electron chi connectivity index (χ4n) is 1.89. The third-order valence-corrected chi connectivity index (χ3v) is 2.85. The minimum atomic E-state index is 0.735. The van der Waals surface area contributed by atoms with Gasteiger partial charge in [-0.05, 0) is 24.3 Å². The van der Waals surface area contributed by atoms with E-state index in [1.54, 1.807) is 6.20 Å². The molecule has 2 N–H and O–H groups in total. The number of H-pyrrole nitrogens is 1. The first-order valence-electron chi connectivity index (χ1n) is 6.21. The summed E-state index contributed by atoms with van der Waals surface area (Å²) >= 11 is 0. The lowest BCUT2D eigenvalue weighted by molar-refractivity contribution is 0.657. The molecular formula is C14H15N5. The molecule has 0 aliphatic heterocycles. The molecule has 96 valence electrons. The van der Waals surface area contributed by atoms with E-state index in [2.05, 4.69) is 20.6 Å². The molecule has 3 aromatic rings. The maximum absolute atomic E-state index is 4.53. The molecule has 5 nitrogen and oxygen atoms in total. The molecule has 19 heavy (non-hydrogen) atoms. The van der Waals surface area contributed by atoms with Crippen LogP contribution in [-0.4, -0.2) is 20.0 Å². The normalized spacial score (nSPS) is 10.7. The van der Waals surface area contributed by atoms with Gasteiger partial charge in [0.15, 0.2) is 0 Å². The molecule has 3 rings (SSSR count). The summed E-state index contributed by atoms with van der Waals surface area (Å²) in [5.74, 6) is 0. The van der Waals surface area contributed by atoms with Gasteiger partial charge in [-0.25, -0.2) is 4.68 Å². The Morgan fingerprint density at radius 1 is 1.05 bits per heavy atom. The van der Waals surface area contributed by atoms with Crippen LogP contribution in [0.4, 0.5) is 0 Å². The molecule has 0 saturated carbocycles. The summed E-state index contributed by atoms with van der Waals surface area (Å²) in [6.07, 6.45) is 3.73. The summed E-state index contributed by atoms with van der Waals surface area (Å²) in [5, 5.41) is 14.7. The Morgan fingerprint density at radius 2 is 1.95 bits per heavy atom. The Balaban J connectivity index is 1.59. The second kappa shape index (κ2) is 5.49. The third kappa shape index (κ3) is 2.89. The maximum Gasteiger partial charge on any atom is 0.0767 e. The number of aromatic nitrogens is 4. The van der Waals surface area contributed by atoms with E-state index in [0.29, 0.717) is 0 Å². The lowest BCUT2D eigenvalue weighted by Gasteiger charge is -2.01. The zero-order valence-corrected chi connectivity index (χ0v) is 10.5. The molecule has 0 aliphatic carbocycles. The van der Waals surface area contributed by atoms with Gasteiger partial charge < -0.3 is 5.32 Å². The second-order valence-corrected chi connectivity index (χ2v) is 4.27. The van der Waals surface area contributed by atoms with Crippen LogP contribution in [0.25, 0.3) is 5.69 Å². The van der Waals surface area contributed by atoms with Gasteiger partial charge in [-0.15, -0.1) is 0 Å². The number of rotatable bonds is 5. The van der Waals surface area contributed by atoms with Crippen LogP contribution in [-0.2, 0) is 13.1 Å². The van der Waals surface area contributed by atoms with Crippen LogP contribution >= 0.6 is 0 Å². The van der Waals surface area contributed by atoms with Crippen molar-refractivity contribution in [1.29, 1.82) is 0 Å². The quantitative estimate of drug-likeness (QED) is 0.730. The molecular weight excluding hydrogens is 238 g/mol. The summed E-state index contributed by atoms with van der Waals surface area (Å²) in [6, 6.07) is 14.1. The Morgan fingerprint density at radius 3 is 2.74 bits per heavy atom. The summed E-state index contributed by atoms with van der Waals surface area (Å²) in [4.78, 5) is 0. The van der Waals surface area contributed by atoms with E-state index in [1.807, 2.05) is 53.3 Å². The van der Waals surface area contributed by atoms with Crippen LogP contribution in [0, 0.1) is 0 Å². The van der Waals surface area contributed by atoms with Gasteiger partial charge in [0.05, 0.1) is 11.4 Å². The van der Waals surface area contributed by atoms with Crippen LogP contribution in [0.5, 0.6) is 0 Å². The third-order valence-electron chi connectivity index (χ3n) is 2.85. The number of hydrogen-bond donors (Lipinski definition) is 2. The maximum atomic E-state index is 4.53. The second-order valence-electron chi connectivity index (χ2n) is 4.27. The van der Waals surface area contributed by atoms with Gasteiger partial charge >= 0.3 is 0 Å². The molecule has 5 heteroatoms. The van der Waals surface area contributed by atoms with Gasteiger partial charge in [-0.3, -0.25) is 5.10 Å². The highest BCUT2D eigenvalue weighted by Crippen LogP contribution is 2.06. The van der Waals surface area contributed by atoms with Crippen LogP contribution in [0.2, 0.25) is 0 Å². The van der Waals surface area contributed by atoms with Crippen molar-refractivity contribution < 1.29 is 0 Å². The van der Waals surface area contributed by atoms with Crippen molar-refractivity contribution >= 4 is 0 Å². The molecule has 0 atom stereocenters. The molecule has 0 unspecified atom stereocenters. The first-order valence-corrected chi connectivity index (χ1v) is 6.21. The van der Waals surface area contributed by atoms with Crippen molar-refractivity contribution in [2.75, 3.05) is 0 Å². The molecule has 2 heterocycles. The average molecular weight is 253 g/mol. The predicted molar refractivity (Wildman–Crippen MR) is 72.7 cm³/mol. The molecule has 2 aromatic heterocycles. The Labute approximate surface area is 111 Å². The van der Waals surface area contributed by atoms with E-state index in [1.165, 1.54) is 0 Å². The molecule has 1 aromatic carbocycles. The zero-order valence-electron chi connectivity index (χ0n) is 10.5. The van der Waals surface area contributed by atoms with E-state index in [9.17, 15) is 0 Å². The van der Waals surface area contributed by atoms with E-state index >= 15 is 0 Å². The zero-order chi connectivity index (χ0) is 12.9. The van der Waals surface area contributed by atoms with Crippen LogP contribution < -0.4 is 5.32 Å². The van der Waals surface area contributed by atoms with Gasteiger partial charge in [-0.1, -0.05) is 18.2 Å². The van der Waals surface area contributed by atoms with Gasteiger partial charge in [0, 0.05) is 31.2 Å². The Kier molecular flexibility index (Phi) is 3.38. The molecule has 0 aliphatic rings. The smallest absolute Gasteiger partial charge is 0.0767 e. The number of benzene rings is 1. The molecule has 0 amide bonds. The minimum Gasteiger partial charge on any atom is -0.305 e. The largest absolute Gasteiger partial charge is 0.305 e. The lowest BCUT2D eigenvalue weighted by atomic mass is 10.3. The van der Waals surface area contributed by atoms with E-state index in [0.717, 1.165) is 30.2 Å². The number of hydrogen-bond acceptors (Lipinski definition) is 3. The minimum absolute atomic E-state index is 0.735. The van der Waals surface area contributed by atoms with Crippen molar-refractivity contribution in [3.05, 3.63) is 66.2 Å². The monoisotopic (exact) mass is 253 g/mol. The number of nitrogens with one attached hydrogen (secondary N) is 2. The SMILES string of the molecule is c1ccc(-n2ccc(CNCc3ccn[nH]3)n2)cc1. The fourth-order valence-corrected chi connectivity index (χ4v) is 1.89. The first-order chi connectivity index (χ1) is 9.42. The van der Waals surface area contributed by atoms with Gasteiger partial charge in [0.1, 0.15) is 0 Å². The van der Waals surface area contributed by atoms with Crippen molar-refractivity contribution in [1.82, 2.24) is 25.3 Å². The summed E-state index contributed by atoms with van der Waals surface area (Å²) in [6.45, 7) is 1.50. The van der Waals surface area contributed by atoms with E-state index in [4.69, 9.17) is 0 Å². The number of nitrogens with zero attached hydrogens (tertiary/aromatic N) is 3. The Hall–Kier alpha value is -2.40. The molecule has 0 saturated heterocycles. The predicted octanol–water partition coefficient (Wildman–Crippen LogP) is 1.89. The molecule has 0 spiro atoms. The number of aromatic amines is 1. The van der Waals surface area contributed by atoms with Gasteiger partial charge in [-0.2, -0.15) is 10.2 Å². The Bertz CT molecular complexity index is 612.